The highest BCUT2D eigenvalue weighted by atomic mass is 32.1. The van der Waals surface area contributed by atoms with Crippen LogP contribution in [0.2, 0.25) is 0 Å². The Bertz CT molecular complexity index is 471. The van der Waals surface area contributed by atoms with Crippen LogP contribution in [-0.4, -0.2) is 98.5 Å². The molecule has 0 aliphatic carbocycles. The third-order valence-corrected chi connectivity index (χ3v) is 5.23. The zero-order chi connectivity index (χ0) is 16.1. The molecule has 0 N–H and O–H groups in total. The highest BCUT2D eigenvalue weighted by molar-refractivity contribution is 7.09. The van der Waals surface area contributed by atoms with Crippen molar-refractivity contribution in [2.24, 2.45) is 0 Å². The Labute approximate surface area is 143 Å². The van der Waals surface area contributed by atoms with Gasteiger partial charge in [0, 0.05) is 50.8 Å². The minimum absolute atomic E-state index is 0.196. The number of aromatic nitrogens is 1. The van der Waals surface area contributed by atoms with E-state index >= 15 is 0 Å². The van der Waals surface area contributed by atoms with E-state index in [0.717, 1.165) is 59.0 Å². The van der Waals surface area contributed by atoms with Crippen molar-refractivity contribution in [3.05, 3.63) is 16.6 Å². The normalized spacial score (nSPS) is 27.6. The standard InChI is InChI=1S/C16H28N4O2S/c1-18(2)4-5-19-6-8-21-14-16(12-19)13-20(7-9-22-16)11-15-17-3-10-23-15/h3,10H,4-9,11-14H2,1-2H3/t16-/m1/s1. The van der Waals surface area contributed by atoms with Crippen LogP contribution in [0, 0.1) is 0 Å². The number of hydrogen-bond acceptors (Lipinski definition) is 7. The van der Waals surface area contributed by atoms with Gasteiger partial charge in [-0.2, -0.15) is 0 Å². The van der Waals surface area contributed by atoms with Crippen molar-refractivity contribution >= 4 is 11.3 Å². The molecule has 0 bridgehead atoms. The number of nitrogens with zero attached hydrogens (tertiary/aromatic N) is 4. The number of thiazole rings is 1. The molecule has 1 aromatic heterocycles. The maximum Gasteiger partial charge on any atom is 0.117 e. The Hall–Kier alpha value is -0.570. The molecule has 1 spiro atoms. The van der Waals surface area contributed by atoms with Gasteiger partial charge in [-0.05, 0) is 14.1 Å². The molecule has 6 nitrogen and oxygen atoms in total. The molecular formula is C16H28N4O2S. The number of ether oxygens (including phenoxy) is 2. The average molecular weight is 340 g/mol. The first-order valence-electron chi connectivity index (χ1n) is 8.35. The smallest absolute Gasteiger partial charge is 0.117 e. The van der Waals surface area contributed by atoms with E-state index in [4.69, 9.17) is 9.47 Å². The van der Waals surface area contributed by atoms with Crippen molar-refractivity contribution in [2.75, 3.05) is 73.2 Å². The molecule has 1 atom stereocenters. The van der Waals surface area contributed by atoms with Crippen LogP contribution < -0.4 is 0 Å². The maximum absolute atomic E-state index is 6.23. The Kier molecular flexibility index (Phi) is 6.01. The van der Waals surface area contributed by atoms with Gasteiger partial charge in [-0.3, -0.25) is 9.80 Å². The van der Waals surface area contributed by atoms with Crippen LogP contribution in [-0.2, 0) is 16.0 Å². The second kappa shape index (κ2) is 8.00. The van der Waals surface area contributed by atoms with Crippen molar-refractivity contribution in [3.8, 4) is 0 Å². The van der Waals surface area contributed by atoms with E-state index in [1.807, 2.05) is 11.6 Å². The lowest BCUT2D eigenvalue weighted by molar-refractivity contribution is -0.143. The summed E-state index contributed by atoms with van der Waals surface area (Å²) in [6.45, 7) is 9.15. The molecule has 0 saturated carbocycles. The van der Waals surface area contributed by atoms with Gasteiger partial charge in [0.15, 0.2) is 0 Å². The fourth-order valence-corrected chi connectivity index (χ4v) is 3.94. The zero-order valence-electron chi connectivity index (χ0n) is 14.2. The quantitative estimate of drug-likeness (QED) is 0.782. The van der Waals surface area contributed by atoms with Gasteiger partial charge in [0.25, 0.3) is 0 Å². The number of rotatable bonds is 5. The summed E-state index contributed by atoms with van der Waals surface area (Å²) in [5.74, 6) is 0. The van der Waals surface area contributed by atoms with Crippen molar-refractivity contribution in [2.45, 2.75) is 12.1 Å². The monoisotopic (exact) mass is 340 g/mol. The lowest BCUT2D eigenvalue weighted by Gasteiger charge is -2.43. The lowest BCUT2D eigenvalue weighted by atomic mass is 10.0. The average Bonchev–Trinajstić information content (AvgIpc) is 2.94. The summed E-state index contributed by atoms with van der Waals surface area (Å²) in [6, 6.07) is 0. The Morgan fingerprint density at radius 2 is 2.09 bits per heavy atom. The SMILES string of the molecule is CN(C)CCN1CCOC[C@@]2(C1)CN(Cc1nccs1)CCO2. The molecule has 0 aromatic carbocycles. The Morgan fingerprint density at radius 1 is 1.26 bits per heavy atom. The van der Waals surface area contributed by atoms with Gasteiger partial charge in [-0.15, -0.1) is 11.3 Å². The summed E-state index contributed by atoms with van der Waals surface area (Å²) < 4.78 is 12.1. The van der Waals surface area contributed by atoms with Gasteiger partial charge in [-0.25, -0.2) is 4.98 Å². The summed E-state index contributed by atoms with van der Waals surface area (Å²) >= 11 is 1.73. The van der Waals surface area contributed by atoms with E-state index in [-0.39, 0.29) is 5.60 Å². The van der Waals surface area contributed by atoms with Gasteiger partial charge < -0.3 is 14.4 Å². The minimum Gasteiger partial charge on any atom is -0.377 e. The summed E-state index contributed by atoms with van der Waals surface area (Å²) in [5, 5.41) is 3.23. The summed E-state index contributed by atoms with van der Waals surface area (Å²) in [6.07, 6.45) is 1.88. The molecule has 3 rings (SSSR count). The molecule has 1 aromatic rings. The second-order valence-corrected chi connectivity index (χ2v) is 7.78. The highest BCUT2D eigenvalue weighted by Crippen LogP contribution is 2.24. The third-order valence-electron chi connectivity index (χ3n) is 4.46. The third kappa shape index (κ3) is 4.95. The zero-order valence-corrected chi connectivity index (χ0v) is 15.1. The van der Waals surface area contributed by atoms with Crippen LogP contribution in [0.4, 0.5) is 0 Å². The van der Waals surface area contributed by atoms with E-state index in [2.05, 4.69) is 33.8 Å². The molecule has 23 heavy (non-hydrogen) atoms. The predicted molar refractivity (Wildman–Crippen MR) is 91.9 cm³/mol. The lowest BCUT2D eigenvalue weighted by Crippen LogP contribution is -2.58. The summed E-state index contributed by atoms with van der Waals surface area (Å²) in [5.41, 5.74) is -0.196. The molecule has 0 amide bonds. The van der Waals surface area contributed by atoms with Crippen molar-refractivity contribution in [1.29, 1.82) is 0 Å². The minimum atomic E-state index is -0.196. The molecule has 130 valence electrons. The first kappa shape index (κ1) is 17.3. The molecule has 2 aliphatic rings. The number of morpholine rings is 1. The van der Waals surface area contributed by atoms with Crippen LogP contribution in [0.15, 0.2) is 11.6 Å². The van der Waals surface area contributed by atoms with Crippen molar-refractivity contribution < 1.29 is 9.47 Å². The predicted octanol–water partition coefficient (Wildman–Crippen LogP) is 0.608. The van der Waals surface area contributed by atoms with Gasteiger partial charge in [0.05, 0.1) is 26.4 Å². The largest absolute Gasteiger partial charge is 0.377 e. The highest BCUT2D eigenvalue weighted by Gasteiger charge is 2.40. The van der Waals surface area contributed by atoms with Crippen molar-refractivity contribution in [3.63, 3.8) is 0 Å². The Balaban J connectivity index is 1.61. The Morgan fingerprint density at radius 3 is 2.87 bits per heavy atom. The molecule has 0 unspecified atom stereocenters. The maximum atomic E-state index is 6.23. The first-order valence-corrected chi connectivity index (χ1v) is 9.23. The molecule has 2 aliphatic heterocycles. The topological polar surface area (TPSA) is 41.1 Å². The van der Waals surface area contributed by atoms with E-state index in [1.54, 1.807) is 11.3 Å². The fourth-order valence-electron chi connectivity index (χ4n) is 3.28. The molecular weight excluding hydrogens is 312 g/mol. The van der Waals surface area contributed by atoms with E-state index in [0.29, 0.717) is 6.61 Å². The van der Waals surface area contributed by atoms with Crippen LogP contribution in [0.3, 0.4) is 0 Å². The molecule has 7 heteroatoms. The molecule has 2 saturated heterocycles. The van der Waals surface area contributed by atoms with Gasteiger partial charge in [0.1, 0.15) is 10.6 Å². The van der Waals surface area contributed by atoms with Crippen LogP contribution in [0.1, 0.15) is 5.01 Å². The van der Waals surface area contributed by atoms with Gasteiger partial charge in [-0.1, -0.05) is 0 Å². The fraction of sp³-hybridized carbons (Fsp3) is 0.812. The van der Waals surface area contributed by atoms with Gasteiger partial charge in [0.2, 0.25) is 0 Å². The van der Waals surface area contributed by atoms with Crippen LogP contribution >= 0.6 is 11.3 Å². The van der Waals surface area contributed by atoms with E-state index < -0.39 is 0 Å². The van der Waals surface area contributed by atoms with E-state index in [1.165, 1.54) is 5.01 Å². The molecule has 0 radical (unpaired) electrons. The summed E-state index contributed by atoms with van der Waals surface area (Å²) in [4.78, 5) is 11.6. The van der Waals surface area contributed by atoms with Crippen LogP contribution in [0.5, 0.6) is 0 Å². The van der Waals surface area contributed by atoms with Gasteiger partial charge >= 0.3 is 0 Å². The first-order chi connectivity index (χ1) is 11.2. The second-order valence-electron chi connectivity index (χ2n) is 6.80. The molecule has 3 heterocycles. The number of hydrogen-bond donors (Lipinski definition) is 0. The number of likely N-dealkylation sites (N-methyl/N-ethyl adjacent to an activating group) is 1. The molecule has 2 fully saturated rings. The van der Waals surface area contributed by atoms with E-state index in [9.17, 15) is 0 Å². The van der Waals surface area contributed by atoms with Crippen molar-refractivity contribution in [1.82, 2.24) is 19.7 Å². The van der Waals surface area contributed by atoms with Crippen LogP contribution in [0.25, 0.3) is 0 Å². The summed E-state index contributed by atoms with van der Waals surface area (Å²) in [7, 11) is 4.24.